The summed E-state index contributed by atoms with van der Waals surface area (Å²) in [5.41, 5.74) is 0.552. The Balaban J connectivity index is 2.21. The van der Waals surface area contributed by atoms with Crippen molar-refractivity contribution >= 4 is 5.91 Å². The molecule has 1 aromatic rings. The van der Waals surface area contributed by atoms with E-state index in [1.54, 1.807) is 32.4 Å². The maximum absolute atomic E-state index is 12.8. The van der Waals surface area contributed by atoms with E-state index >= 15 is 0 Å². The first kappa shape index (κ1) is 15.6. The Hall–Kier alpha value is -1.75. The van der Waals surface area contributed by atoms with Gasteiger partial charge in [0.2, 0.25) is 0 Å². The van der Waals surface area contributed by atoms with Crippen LogP contribution in [0.15, 0.2) is 18.2 Å². The van der Waals surface area contributed by atoms with Crippen molar-refractivity contribution in [1.29, 1.82) is 0 Å². The van der Waals surface area contributed by atoms with Gasteiger partial charge in [-0.1, -0.05) is 0 Å². The molecule has 1 amide bonds. The van der Waals surface area contributed by atoms with Crippen molar-refractivity contribution in [2.75, 3.05) is 34.4 Å². The fourth-order valence-corrected chi connectivity index (χ4v) is 2.73. The van der Waals surface area contributed by atoms with Crippen LogP contribution in [0.3, 0.4) is 0 Å². The third-order valence-corrected chi connectivity index (χ3v) is 4.05. The van der Waals surface area contributed by atoms with Crippen LogP contribution in [0.25, 0.3) is 0 Å². The highest BCUT2D eigenvalue weighted by Gasteiger charge is 2.24. The second kappa shape index (κ2) is 7.31. The molecule has 1 heterocycles. The summed E-state index contributed by atoms with van der Waals surface area (Å²) in [6.07, 6.45) is 3.10. The van der Waals surface area contributed by atoms with E-state index in [2.05, 4.69) is 5.32 Å². The molecule has 1 aromatic carbocycles. The molecule has 5 heteroatoms. The number of amides is 1. The number of carbonyl (C=O) groups is 1. The first-order valence-corrected chi connectivity index (χ1v) is 7.37. The van der Waals surface area contributed by atoms with E-state index in [9.17, 15) is 4.79 Å². The minimum atomic E-state index is -0.0161. The van der Waals surface area contributed by atoms with E-state index in [-0.39, 0.29) is 11.9 Å². The summed E-state index contributed by atoms with van der Waals surface area (Å²) in [4.78, 5) is 14.6. The lowest BCUT2D eigenvalue weighted by Crippen LogP contribution is -2.37. The Morgan fingerprint density at radius 1 is 1.24 bits per heavy atom. The molecule has 0 bridgehead atoms. The lowest BCUT2D eigenvalue weighted by Gasteiger charge is -2.27. The second-order valence-electron chi connectivity index (χ2n) is 5.32. The number of hydrogen-bond acceptors (Lipinski definition) is 4. The van der Waals surface area contributed by atoms with E-state index in [1.165, 1.54) is 0 Å². The average molecular weight is 292 g/mol. The highest BCUT2D eigenvalue weighted by molar-refractivity contribution is 5.97. The molecule has 1 atom stereocenters. The van der Waals surface area contributed by atoms with Gasteiger partial charge in [-0.05, 0) is 50.6 Å². The number of ether oxygens (including phenoxy) is 2. The van der Waals surface area contributed by atoms with Crippen molar-refractivity contribution in [3.05, 3.63) is 23.8 Å². The number of nitrogens with one attached hydrogen (secondary N) is 1. The lowest BCUT2D eigenvalue weighted by atomic mass is 10.1. The van der Waals surface area contributed by atoms with Gasteiger partial charge in [-0.3, -0.25) is 4.79 Å². The molecule has 2 rings (SSSR count). The Kier molecular flexibility index (Phi) is 5.44. The van der Waals surface area contributed by atoms with Crippen LogP contribution in [0.1, 0.15) is 29.6 Å². The molecule has 0 spiro atoms. The number of benzene rings is 1. The standard InChI is InChI=1S/C16H24N2O3/c1-18(12-5-4-9-17-10-8-12)16(19)14-11-13(20-2)6-7-15(14)21-3/h6-7,11-12,17H,4-5,8-10H2,1-3H3. The molecule has 1 fully saturated rings. The van der Waals surface area contributed by atoms with Crippen LogP contribution < -0.4 is 14.8 Å². The summed E-state index contributed by atoms with van der Waals surface area (Å²) in [6.45, 7) is 1.98. The summed E-state index contributed by atoms with van der Waals surface area (Å²) in [6, 6.07) is 5.58. The summed E-state index contributed by atoms with van der Waals surface area (Å²) in [7, 11) is 5.04. The minimum Gasteiger partial charge on any atom is -0.497 e. The molecule has 0 aliphatic carbocycles. The van der Waals surface area contributed by atoms with Gasteiger partial charge in [-0.15, -0.1) is 0 Å². The van der Waals surface area contributed by atoms with E-state index in [4.69, 9.17) is 9.47 Å². The number of methoxy groups -OCH3 is 2. The van der Waals surface area contributed by atoms with Gasteiger partial charge in [-0.2, -0.15) is 0 Å². The lowest BCUT2D eigenvalue weighted by molar-refractivity contribution is 0.0716. The fraction of sp³-hybridized carbons (Fsp3) is 0.562. The highest BCUT2D eigenvalue weighted by Crippen LogP contribution is 2.26. The maximum Gasteiger partial charge on any atom is 0.257 e. The van der Waals surface area contributed by atoms with Gasteiger partial charge >= 0.3 is 0 Å². The van der Waals surface area contributed by atoms with Crippen LogP contribution in [0, 0.1) is 0 Å². The predicted molar refractivity (Wildman–Crippen MR) is 82.1 cm³/mol. The van der Waals surface area contributed by atoms with Gasteiger partial charge in [0.15, 0.2) is 0 Å². The summed E-state index contributed by atoms with van der Waals surface area (Å²) in [5, 5.41) is 3.37. The van der Waals surface area contributed by atoms with Gasteiger partial charge in [0.05, 0.1) is 19.8 Å². The molecule has 21 heavy (non-hydrogen) atoms. The second-order valence-corrected chi connectivity index (χ2v) is 5.32. The summed E-state index contributed by atoms with van der Waals surface area (Å²) < 4.78 is 10.5. The SMILES string of the molecule is COc1ccc(OC)c(C(=O)N(C)C2CCCNCC2)c1. The molecule has 1 aliphatic rings. The van der Waals surface area contributed by atoms with Crippen LogP contribution >= 0.6 is 0 Å². The maximum atomic E-state index is 12.8. The van der Waals surface area contributed by atoms with Gasteiger partial charge in [0.25, 0.3) is 5.91 Å². The summed E-state index contributed by atoms with van der Waals surface area (Å²) >= 11 is 0. The Morgan fingerprint density at radius 3 is 2.76 bits per heavy atom. The molecule has 0 saturated carbocycles. The van der Waals surface area contributed by atoms with Crippen molar-refractivity contribution in [2.24, 2.45) is 0 Å². The molecule has 116 valence electrons. The Bertz CT molecular complexity index is 482. The first-order valence-electron chi connectivity index (χ1n) is 7.37. The smallest absolute Gasteiger partial charge is 0.257 e. The number of rotatable bonds is 4. The molecule has 0 aromatic heterocycles. The molecule has 0 radical (unpaired) electrons. The molecular formula is C16H24N2O3. The molecule has 1 saturated heterocycles. The van der Waals surface area contributed by atoms with E-state index < -0.39 is 0 Å². The molecule has 1 aliphatic heterocycles. The molecule has 1 unspecified atom stereocenters. The van der Waals surface area contributed by atoms with Crippen molar-refractivity contribution < 1.29 is 14.3 Å². The largest absolute Gasteiger partial charge is 0.497 e. The van der Waals surface area contributed by atoms with Gasteiger partial charge in [-0.25, -0.2) is 0 Å². The number of hydrogen-bond donors (Lipinski definition) is 1. The topological polar surface area (TPSA) is 50.8 Å². The minimum absolute atomic E-state index is 0.0161. The molecular weight excluding hydrogens is 268 g/mol. The Morgan fingerprint density at radius 2 is 2.05 bits per heavy atom. The normalized spacial score (nSPS) is 18.7. The molecule has 5 nitrogen and oxygen atoms in total. The monoisotopic (exact) mass is 292 g/mol. The zero-order chi connectivity index (χ0) is 15.2. The quantitative estimate of drug-likeness (QED) is 0.921. The molecule has 1 N–H and O–H groups in total. The number of carbonyl (C=O) groups excluding carboxylic acids is 1. The first-order chi connectivity index (χ1) is 10.2. The van der Waals surface area contributed by atoms with Crippen molar-refractivity contribution in [2.45, 2.75) is 25.3 Å². The zero-order valence-corrected chi connectivity index (χ0v) is 13.0. The van der Waals surface area contributed by atoms with Crippen molar-refractivity contribution in [1.82, 2.24) is 10.2 Å². The highest BCUT2D eigenvalue weighted by atomic mass is 16.5. The van der Waals surface area contributed by atoms with Crippen LogP contribution in [0.2, 0.25) is 0 Å². The van der Waals surface area contributed by atoms with Crippen LogP contribution in [-0.2, 0) is 0 Å². The fourth-order valence-electron chi connectivity index (χ4n) is 2.73. The third-order valence-electron chi connectivity index (χ3n) is 4.05. The third kappa shape index (κ3) is 3.67. The Labute approximate surface area is 126 Å². The van der Waals surface area contributed by atoms with Crippen LogP contribution in [0.5, 0.6) is 11.5 Å². The van der Waals surface area contributed by atoms with Crippen molar-refractivity contribution in [3.63, 3.8) is 0 Å². The van der Waals surface area contributed by atoms with Crippen LogP contribution in [-0.4, -0.2) is 51.2 Å². The summed E-state index contributed by atoms with van der Waals surface area (Å²) in [5.74, 6) is 1.23. The van der Waals surface area contributed by atoms with E-state index in [0.717, 1.165) is 32.4 Å². The predicted octanol–water partition coefficient (Wildman–Crippen LogP) is 1.92. The van der Waals surface area contributed by atoms with Crippen LogP contribution in [0.4, 0.5) is 0 Å². The van der Waals surface area contributed by atoms with Gasteiger partial charge < -0.3 is 19.7 Å². The van der Waals surface area contributed by atoms with Crippen molar-refractivity contribution in [3.8, 4) is 11.5 Å². The van der Waals surface area contributed by atoms with Gasteiger partial charge in [0, 0.05) is 13.1 Å². The van der Waals surface area contributed by atoms with E-state index in [0.29, 0.717) is 17.1 Å². The number of nitrogens with zero attached hydrogens (tertiary/aromatic N) is 1. The van der Waals surface area contributed by atoms with Gasteiger partial charge in [0.1, 0.15) is 11.5 Å². The zero-order valence-electron chi connectivity index (χ0n) is 13.0. The van der Waals surface area contributed by atoms with E-state index in [1.807, 2.05) is 11.9 Å². The average Bonchev–Trinajstić information content (AvgIpc) is 2.82.